The Hall–Kier alpha value is -1.54. The molecule has 0 aromatic rings. The van der Waals surface area contributed by atoms with Crippen LogP contribution in [0, 0.1) is 12.3 Å². The number of amides is 1. The van der Waals surface area contributed by atoms with E-state index >= 15 is 0 Å². The molecule has 5 nitrogen and oxygen atoms in total. The van der Waals surface area contributed by atoms with E-state index in [2.05, 4.69) is 16.6 Å². The zero-order valence-corrected chi connectivity index (χ0v) is 8.26. The van der Waals surface area contributed by atoms with Crippen LogP contribution in [-0.2, 0) is 9.59 Å². The van der Waals surface area contributed by atoms with Gasteiger partial charge >= 0.3 is 5.97 Å². The van der Waals surface area contributed by atoms with Crippen molar-refractivity contribution in [2.24, 2.45) is 0 Å². The fraction of sp³-hybridized carbons (Fsp3) is 0.556. The monoisotopic (exact) mass is 198 g/mol. The number of hydrogen-bond donors (Lipinski definition) is 3. The number of terminal acetylenes is 1. The fourth-order valence-electron chi connectivity index (χ4n) is 0.694. The summed E-state index contributed by atoms with van der Waals surface area (Å²) in [5.41, 5.74) is -1.26. The predicted molar refractivity (Wildman–Crippen MR) is 51.6 cm³/mol. The average molecular weight is 198 g/mol. The number of nitrogens with one attached hydrogen (secondary N) is 2. The molecule has 0 fully saturated rings. The lowest BCUT2D eigenvalue weighted by molar-refractivity contribution is -0.145. The standard InChI is InChI=1S/C9H14N2O3/c1-4-5-10-6-7(12)11-9(2,3)8(13)14/h1,10H,5-6H2,2-3H3,(H,11,12)(H,13,14). The van der Waals surface area contributed by atoms with Crippen molar-refractivity contribution in [1.82, 2.24) is 10.6 Å². The first kappa shape index (κ1) is 12.5. The van der Waals surface area contributed by atoms with Crippen LogP contribution < -0.4 is 10.6 Å². The normalized spacial score (nSPS) is 10.4. The Balaban J connectivity index is 3.95. The molecule has 0 aromatic carbocycles. The molecule has 0 aliphatic carbocycles. The van der Waals surface area contributed by atoms with Gasteiger partial charge in [-0.1, -0.05) is 5.92 Å². The van der Waals surface area contributed by atoms with E-state index in [1.165, 1.54) is 13.8 Å². The van der Waals surface area contributed by atoms with E-state index in [-0.39, 0.29) is 13.1 Å². The van der Waals surface area contributed by atoms with E-state index < -0.39 is 17.4 Å². The summed E-state index contributed by atoms with van der Waals surface area (Å²) in [7, 11) is 0. The topological polar surface area (TPSA) is 78.4 Å². The molecular weight excluding hydrogens is 184 g/mol. The lowest BCUT2D eigenvalue weighted by Gasteiger charge is -2.20. The molecule has 1 amide bonds. The Labute approximate surface area is 82.9 Å². The molecule has 3 N–H and O–H groups in total. The summed E-state index contributed by atoms with van der Waals surface area (Å²) in [4.78, 5) is 21.8. The molecular formula is C9H14N2O3. The van der Waals surface area contributed by atoms with Gasteiger partial charge in [0.1, 0.15) is 5.54 Å². The molecule has 0 unspecified atom stereocenters. The highest BCUT2D eigenvalue weighted by atomic mass is 16.4. The SMILES string of the molecule is C#CCNCC(=O)NC(C)(C)C(=O)O. The molecule has 0 heterocycles. The molecule has 0 saturated carbocycles. The van der Waals surface area contributed by atoms with Gasteiger partial charge in [-0.05, 0) is 13.8 Å². The van der Waals surface area contributed by atoms with Crippen molar-refractivity contribution in [3.05, 3.63) is 0 Å². The van der Waals surface area contributed by atoms with Crippen molar-refractivity contribution in [1.29, 1.82) is 0 Å². The summed E-state index contributed by atoms with van der Waals surface area (Å²) in [5, 5.41) is 13.7. The molecule has 5 heteroatoms. The van der Waals surface area contributed by atoms with Crippen molar-refractivity contribution in [3.8, 4) is 12.3 Å². The van der Waals surface area contributed by atoms with Crippen molar-refractivity contribution < 1.29 is 14.7 Å². The zero-order chi connectivity index (χ0) is 11.2. The van der Waals surface area contributed by atoms with E-state index in [1.807, 2.05) is 0 Å². The van der Waals surface area contributed by atoms with E-state index in [9.17, 15) is 9.59 Å². The number of aliphatic carboxylic acids is 1. The van der Waals surface area contributed by atoms with Crippen molar-refractivity contribution >= 4 is 11.9 Å². The third-order valence-corrected chi connectivity index (χ3v) is 1.50. The molecule has 0 rings (SSSR count). The molecule has 78 valence electrons. The highest BCUT2D eigenvalue weighted by Crippen LogP contribution is 2.00. The minimum Gasteiger partial charge on any atom is -0.480 e. The number of rotatable bonds is 5. The van der Waals surface area contributed by atoms with Crippen LogP contribution in [0.5, 0.6) is 0 Å². The Bertz CT molecular complexity index is 266. The summed E-state index contributed by atoms with van der Waals surface area (Å²) in [6.45, 7) is 3.12. The summed E-state index contributed by atoms with van der Waals surface area (Å²) in [6, 6.07) is 0. The van der Waals surface area contributed by atoms with Gasteiger partial charge in [0.05, 0.1) is 13.1 Å². The molecule has 0 atom stereocenters. The van der Waals surface area contributed by atoms with E-state index in [4.69, 9.17) is 11.5 Å². The highest BCUT2D eigenvalue weighted by molar-refractivity contribution is 5.87. The van der Waals surface area contributed by atoms with Crippen molar-refractivity contribution in [2.75, 3.05) is 13.1 Å². The average Bonchev–Trinajstić information content (AvgIpc) is 2.03. The fourth-order valence-corrected chi connectivity index (χ4v) is 0.694. The molecule has 0 spiro atoms. The Morgan fingerprint density at radius 1 is 1.50 bits per heavy atom. The van der Waals surface area contributed by atoms with Crippen LogP contribution in [0.3, 0.4) is 0 Å². The lowest BCUT2D eigenvalue weighted by Crippen LogP contribution is -2.52. The number of carboxylic acid groups (broad SMARTS) is 1. The number of hydrogen-bond acceptors (Lipinski definition) is 3. The number of carbonyl (C=O) groups is 2. The Morgan fingerprint density at radius 3 is 2.50 bits per heavy atom. The number of carbonyl (C=O) groups excluding carboxylic acids is 1. The second-order valence-electron chi connectivity index (χ2n) is 3.29. The minimum absolute atomic E-state index is 0.0148. The van der Waals surface area contributed by atoms with Crippen LogP contribution in [0.2, 0.25) is 0 Å². The van der Waals surface area contributed by atoms with Gasteiger partial charge in [-0.15, -0.1) is 6.42 Å². The quantitative estimate of drug-likeness (QED) is 0.399. The summed E-state index contributed by atoms with van der Waals surface area (Å²) < 4.78 is 0. The van der Waals surface area contributed by atoms with Gasteiger partial charge in [-0.2, -0.15) is 0 Å². The van der Waals surface area contributed by atoms with Crippen LogP contribution in [0.4, 0.5) is 0 Å². The Kier molecular flexibility index (Phi) is 4.67. The van der Waals surface area contributed by atoms with Crippen LogP contribution >= 0.6 is 0 Å². The van der Waals surface area contributed by atoms with Crippen LogP contribution in [0.1, 0.15) is 13.8 Å². The van der Waals surface area contributed by atoms with Gasteiger partial charge in [0.15, 0.2) is 0 Å². The molecule has 0 saturated heterocycles. The van der Waals surface area contributed by atoms with E-state index in [0.29, 0.717) is 0 Å². The molecule has 0 aliphatic rings. The summed E-state index contributed by atoms with van der Waals surface area (Å²) in [6.07, 6.45) is 4.95. The first-order valence-electron chi connectivity index (χ1n) is 4.08. The predicted octanol–water partition coefficient (Wildman–Crippen LogP) is -0.811. The maximum absolute atomic E-state index is 11.1. The molecule has 14 heavy (non-hydrogen) atoms. The third kappa shape index (κ3) is 4.48. The van der Waals surface area contributed by atoms with Gasteiger partial charge in [0, 0.05) is 0 Å². The maximum Gasteiger partial charge on any atom is 0.328 e. The zero-order valence-electron chi connectivity index (χ0n) is 8.26. The number of carboxylic acids is 1. The van der Waals surface area contributed by atoms with Crippen LogP contribution in [0.25, 0.3) is 0 Å². The van der Waals surface area contributed by atoms with Crippen LogP contribution in [0.15, 0.2) is 0 Å². The molecule has 0 aromatic heterocycles. The molecule has 0 bridgehead atoms. The van der Waals surface area contributed by atoms with Gasteiger partial charge in [0.2, 0.25) is 5.91 Å². The van der Waals surface area contributed by atoms with Crippen LogP contribution in [-0.4, -0.2) is 35.6 Å². The van der Waals surface area contributed by atoms with Crippen molar-refractivity contribution in [2.45, 2.75) is 19.4 Å². The van der Waals surface area contributed by atoms with Gasteiger partial charge in [-0.3, -0.25) is 10.1 Å². The van der Waals surface area contributed by atoms with Gasteiger partial charge < -0.3 is 10.4 Å². The van der Waals surface area contributed by atoms with E-state index in [1.54, 1.807) is 0 Å². The summed E-state index contributed by atoms with van der Waals surface area (Å²) in [5.74, 6) is 0.825. The molecule has 0 radical (unpaired) electrons. The van der Waals surface area contributed by atoms with Crippen molar-refractivity contribution in [3.63, 3.8) is 0 Å². The Morgan fingerprint density at radius 2 is 2.07 bits per heavy atom. The smallest absolute Gasteiger partial charge is 0.328 e. The van der Waals surface area contributed by atoms with Gasteiger partial charge in [0.25, 0.3) is 0 Å². The third-order valence-electron chi connectivity index (χ3n) is 1.50. The second kappa shape index (κ2) is 5.25. The second-order valence-corrected chi connectivity index (χ2v) is 3.29. The summed E-state index contributed by atoms with van der Waals surface area (Å²) >= 11 is 0. The minimum atomic E-state index is -1.26. The highest BCUT2D eigenvalue weighted by Gasteiger charge is 2.28. The first-order chi connectivity index (χ1) is 6.40. The lowest BCUT2D eigenvalue weighted by atomic mass is 10.1. The maximum atomic E-state index is 11.1. The van der Waals surface area contributed by atoms with E-state index in [0.717, 1.165) is 0 Å². The largest absolute Gasteiger partial charge is 0.480 e. The molecule has 0 aliphatic heterocycles. The first-order valence-corrected chi connectivity index (χ1v) is 4.08. The van der Waals surface area contributed by atoms with Gasteiger partial charge in [-0.25, -0.2) is 4.79 Å².